The minimum absolute atomic E-state index is 0.110. The number of halogens is 2. The monoisotopic (exact) mass is 256 g/mol. The molecule has 1 N–H and O–H groups in total. The van der Waals surface area contributed by atoms with Gasteiger partial charge in [-0.2, -0.15) is 0 Å². The number of benzene rings is 1. The van der Waals surface area contributed by atoms with Crippen molar-refractivity contribution in [3.05, 3.63) is 35.4 Å². The van der Waals surface area contributed by atoms with E-state index in [0.29, 0.717) is 18.5 Å². The average Bonchev–Trinajstić information content (AvgIpc) is 2.26. The van der Waals surface area contributed by atoms with Gasteiger partial charge in [-0.15, -0.1) is 0 Å². The van der Waals surface area contributed by atoms with Gasteiger partial charge in [0.05, 0.1) is 0 Å². The molecular weight excluding hydrogens is 234 g/mol. The molecule has 0 fully saturated rings. The molecule has 0 aliphatic rings. The van der Waals surface area contributed by atoms with Gasteiger partial charge in [-0.3, -0.25) is 0 Å². The van der Waals surface area contributed by atoms with Gasteiger partial charge in [-0.25, -0.2) is 8.78 Å². The van der Waals surface area contributed by atoms with Crippen molar-refractivity contribution in [2.24, 2.45) is 5.92 Å². The van der Waals surface area contributed by atoms with Crippen LogP contribution in [0.2, 0.25) is 0 Å². The van der Waals surface area contributed by atoms with Crippen LogP contribution in [0.3, 0.4) is 0 Å². The van der Waals surface area contributed by atoms with Crippen molar-refractivity contribution in [3.63, 3.8) is 0 Å². The molecule has 0 saturated heterocycles. The summed E-state index contributed by atoms with van der Waals surface area (Å²) < 4.78 is 26.8. The zero-order chi connectivity index (χ0) is 13.7. The second-order valence-electron chi connectivity index (χ2n) is 5.11. The molecule has 0 amide bonds. The molecule has 1 aromatic carbocycles. The minimum atomic E-state index is -0.492. The second kappa shape index (κ2) is 6.81. The fraction of sp³-hybridized carbons (Fsp3) is 0.571. The summed E-state index contributed by atoms with van der Waals surface area (Å²) in [6, 6.07) is 4.29. The van der Waals surface area contributed by atoms with E-state index in [4.69, 9.17) is 0 Å². The van der Waals surface area contributed by atoms with E-state index in [-0.39, 0.29) is 12.1 Å². The lowest BCUT2D eigenvalue weighted by atomic mass is 10.0. The zero-order valence-corrected chi connectivity index (χ0v) is 11.5. The Kier molecular flexibility index (Phi) is 5.69. The predicted molar refractivity (Wildman–Crippen MR) is 70.4 cm³/mol. The van der Waals surface area contributed by atoms with Crippen LogP contribution in [-0.2, 0) is 6.54 Å². The van der Waals surface area contributed by atoms with E-state index >= 15 is 0 Å². The lowest BCUT2D eigenvalue weighted by molar-refractivity contribution is 0.224. The Labute approximate surface area is 108 Å². The van der Waals surface area contributed by atoms with Gasteiger partial charge in [0.2, 0.25) is 0 Å². The quantitative estimate of drug-likeness (QED) is 0.841. The van der Waals surface area contributed by atoms with E-state index < -0.39 is 11.6 Å². The van der Waals surface area contributed by atoms with E-state index in [1.54, 1.807) is 0 Å². The van der Waals surface area contributed by atoms with Crippen LogP contribution in [0.25, 0.3) is 0 Å². The highest BCUT2D eigenvalue weighted by Gasteiger charge is 2.15. The Hall–Kier alpha value is -1.00. The first-order valence-electron chi connectivity index (χ1n) is 6.23. The van der Waals surface area contributed by atoms with Crippen LogP contribution in [0.4, 0.5) is 8.78 Å². The summed E-state index contributed by atoms with van der Waals surface area (Å²) in [5.74, 6) is -0.500. The predicted octanol–water partition coefficient (Wildman–Crippen LogP) is 2.64. The maximum Gasteiger partial charge on any atom is 0.130 e. The van der Waals surface area contributed by atoms with Crippen molar-refractivity contribution in [3.8, 4) is 0 Å². The molecule has 1 unspecified atom stereocenters. The Balaban J connectivity index is 2.55. The number of rotatable bonds is 6. The summed E-state index contributed by atoms with van der Waals surface area (Å²) in [5, 5.41) is 3.12. The molecule has 0 aliphatic heterocycles. The second-order valence-corrected chi connectivity index (χ2v) is 5.11. The van der Waals surface area contributed by atoms with Crippen LogP contribution in [0.1, 0.15) is 19.4 Å². The topological polar surface area (TPSA) is 15.3 Å². The van der Waals surface area contributed by atoms with Gasteiger partial charge in [0.25, 0.3) is 0 Å². The van der Waals surface area contributed by atoms with Gasteiger partial charge in [0.15, 0.2) is 0 Å². The molecule has 0 bridgehead atoms. The van der Waals surface area contributed by atoms with E-state index in [1.165, 1.54) is 18.2 Å². The molecule has 0 radical (unpaired) electrons. The third-order valence-electron chi connectivity index (χ3n) is 3.15. The van der Waals surface area contributed by atoms with Gasteiger partial charge in [-0.05, 0) is 32.1 Å². The maximum absolute atomic E-state index is 13.4. The number of nitrogens with one attached hydrogen (secondary N) is 1. The van der Waals surface area contributed by atoms with Crippen molar-refractivity contribution in [1.82, 2.24) is 10.2 Å². The highest BCUT2D eigenvalue weighted by molar-refractivity contribution is 5.19. The number of nitrogens with zero attached hydrogens (tertiary/aromatic N) is 1. The Morgan fingerprint density at radius 1 is 1.17 bits per heavy atom. The highest BCUT2D eigenvalue weighted by atomic mass is 19.1. The third-order valence-corrected chi connectivity index (χ3v) is 3.15. The molecule has 1 aromatic rings. The molecule has 1 atom stereocenters. The molecule has 0 spiro atoms. The molecule has 0 aromatic heterocycles. The molecule has 1 rings (SSSR count). The summed E-state index contributed by atoms with van der Waals surface area (Å²) in [6.45, 7) is 5.19. The van der Waals surface area contributed by atoms with Crippen LogP contribution < -0.4 is 5.32 Å². The lowest BCUT2D eigenvalue weighted by Gasteiger charge is -2.28. The van der Waals surface area contributed by atoms with Crippen molar-refractivity contribution in [2.75, 3.05) is 20.6 Å². The molecule has 18 heavy (non-hydrogen) atoms. The van der Waals surface area contributed by atoms with Gasteiger partial charge in [-0.1, -0.05) is 19.9 Å². The Morgan fingerprint density at radius 3 is 2.17 bits per heavy atom. The summed E-state index contributed by atoms with van der Waals surface area (Å²) in [4.78, 5) is 2.12. The first kappa shape index (κ1) is 15.1. The fourth-order valence-corrected chi connectivity index (χ4v) is 2.06. The first-order chi connectivity index (χ1) is 8.43. The molecule has 0 saturated carbocycles. The first-order valence-corrected chi connectivity index (χ1v) is 6.23. The van der Waals surface area contributed by atoms with E-state index in [9.17, 15) is 8.78 Å². The van der Waals surface area contributed by atoms with Crippen molar-refractivity contribution < 1.29 is 8.78 Å². The van der Waals surface area contributed by atoms with Gasteiger partial charge in [0, 0.05) is 24.7 Å². The SMILES string of the molecule is CC(C)C(CNCc1c(F)cccc1F)N(C)C. The zero-order valence-electron chi connectivity index (χ0n) is 11.5. The van der Waals surface area contributed by atoms with Crippen LogP contribution in [-0.4, -0.2) is 31.6 Å². The number of likely N-dealkylation sites (N-methyl/N-ethyl adjacent to an activating group) is 1. The Morgan fingerprint density at radius 2 is 1.72 bits per heavy atom. The summed E-state index contributed by atoms with van der Waals surface area (Å²) in [7, 11) is 4.02. The number of hydrogen-bond acceptors (Lipinski definition) is 2. The van der Waals surface area contributed by atoms with Crippen LogP contribution in [0.15, 0.2) is 18.2 Å². The van der Waals surface area contributed by atoms with E-state index in [2.05, 4.69) is 24.1 Å². The average molecular weight is 256 g/mol. The number of hydrogen-bond donors (Lipinski definition) is 1. The van der Waals surface area contributed by atoms with Crippen LogP contribution >= 0.6 is 0 Å². The van der Waals surface area contributed by atoms with Gasteiger partial charge < -0.3 is 10.2 Å². The normalized spacial score (nSPS) is 13.3. The van der Waals surface area contributed by atoms with Crippen molar-refractivity contribution >= 4 is 0 Å². The minimum Gasteiger partial charge on any atom is -0.311 e. The summed E-state index contributed by atoms with van der Waals surface area (Å²) in [5.41, 5.74) is 0.110. The molecule has 4 heteroatoms. The van der Waals surface area contributed by atoms with Crippen molar-refractivity contribution in [1.29, 1.82) is 0 Å². The smallest absolute Gasteiger partial charge is 0.130 e. The molecule has 102 valence electrons. The van der Waals surface area contributed by atoms with Crippen LogP contribution in [0.5, 0.6) is 0 Å². The summed E-state index contributed by atoms with van der Waals surface area (Å²) in [6.07, 6.45) is 0. The third kappa shape index (κ3) is 4.03. The van der Waals surface area contributed by atoms with E-state index in [0.717, 1.165) is 0 Å². The standard InChI is InChI=1S/C14H22F2N2/c1-10(2)14(18(3)4)9-17-8-11-12(15)6-5-7-13(11)16/h5-7,10,14,17H,8-9H2,1-4H3. The molecule has 0 heterocycles. The largest absolute Gasteiger partial charge is 0.311 e. The lowest BCUT2D eigenvalue weighted by Crippen LogP contribution is -2.41. The van der Waals surface area contributed by atoms with Crippen LogP contribution in [0, 0.1) is 17.6 Å². The molecule has 0 aliphatic carbocycles. The molecule has 2 nitrogen and oxygen atoms in total. The maximum atomic E-state index is 13.4. The summed E-state index contributed by atoms with van der Waals surface area (Å²) >= 11 is 0. The van der Waals surface area contributed by atoms with E-state index in [1.807, 2.05) is 14.1 Å². The highest BCUT2D eigenvalue weighted by Crippen LogP contribution is 2.12. The molecular formula is C14H22F2N2. The van der Waals surface area contributed by atoms with Gasteiger partial charge >= 0.3 is 0 Å². The van der Waals surface area contributed by atoms with Crippen molar-refractivity contribution in [2.45, 2.75) is 26.4 Å². The van der Waals surface area contributed by atoms with Gasteiger partial charge in [0.1, 0.15) is 11.6 Å². The fourth-order valence-electron chi connectivity index (χ4n) is 2.06. The Bertz CT molecular complexity index is 350.